The van der Waals surface area contributed by atoms with Gasteiger partial charge in [0, 0.05) is 18.5 Å². The fourth-order valence-corrected chi connectivity index (χ4v) is 1.57. The molecule has 0 aliphatic carbocycles. The number of aromatic nitrogens is 2. The molecule has 2 aromatic rings. The Kier molecular flexibility index (Phi) is 3.49. The fourth-order valence-electron chi connectivity index (χ4n) is 1.57. The standard InChI is InChI=1S/C12H15FN4/c1-17(2)6-5-14-12-10-7-9(13)3-4-11(10)15-8-16-12/h3-4,7-8H,5-6H2,1-2H3,(H,14,15,16). The summed E-state index contributed by atoms with van der Waals surface area (Å²) in [6.07, 6.45) is 1.48. The van der Waals surface area contributed by atoms with Gasteiger partial charge in [0.25, 0.3) is 0 Å². The lowest BCUT2D eigenvalue weighted by Crippen LogP contribution is -2.21. The van der Waals surface area contributed by atoms with E-state index < -0.39 is 0 Å². The maximum absolute atomic E-state index is 13.2. The minimum atomic E-state index is -0.275. The predicted molar refractivity (Wildman–Crippen MR) is 66.5 cm³/mol. The monoisotopic (exact) mass is 234 g/mol. The normalized spacial score (nSPS) is 11.1. The summed E-state index contributed by atoms with van der Waals surface area (Å²) in [6.45, 7) is 1.65. The molecule has 0 saturated carbocycles. The number of nitrogens with zero attached hydrogens (tertiary/aromatic N) is 3. The fraction of sp³-hybridized carbons (Fsp3) is 0.333. The first-order valence-corrected chi connectivity index (χ1v) is 5.45. The summed E-state index contributed by atoms with van der Waals surface area (Å²) in [5.74, 6) is 0.402. The number of nitrogens with one attached hydrogen (secondary N) is 1. The molecule has 0 amide bonds. The van der Waals surface area contributed by atoms with Crippen LogP contribution in [0, 0.1) is 5.82 Å². The average molecular weight is 234 g/mol. The van der Waals surface area contributed by atoms with Crippen molar-refractivity contribution in [3.8, 4) is 0 Å². The van der Waals surface area contributed by atoms with Crippen LogP contribution in [0.2, 0.25) is 0 Å². The van der Waals surface area contributed by atoms with Crippen LogP contribution < -0.4 is 5.32 Å². The molecular weight excluding hydrogens is 219 g/mol. The molecule has 0 atom stereocenters. The number of benzene rings is 1. The van der Waals surface area contributed by atoms with Crippen molar-refractivity contribution in [3.05, 3.63) is 30.3 Å². The Morgan fingerprint density at radius 1 is 1.29 bits per heavy atom. The van der Waals surface area contributed by atoms with Crippen LogP contribution in [0.25, 0.3) is 10.9 Å². The van der Waals surface area contributed by atoms with E-state index in [9.17, 15) is 4.39 Å². The number of halogens is 1. The van der Waals surface area contributed by atoms with Gasteiger partial charge in [-0.05, 0) is 32.3 Å². The van der Waals surface area contributed by atoms with Crippen molar-refractivity contribution in [2.75, 3.05) is 32.5 Å². The van der Waals surface area contributed by atoms with Crippen LogP contribution in [0.5, 0.6) is 0 Å². The number of hydrogen-bond donors (Lipinski definition) is 1. The van der Waals surface area contributed by atoms with E-state index in [4.69, 9.17) is 0 Å². The van der Waals surface area contributed by atoms with Gasteiger partial charge in [0.15, 0.2) is 0 Å². The summed E-state index contributed by atoms with van der Waals surface area (Å²) in [5, 5.41) is 3.90. The molecule has 0 fully saturated rings. The van der Waals surface area contributed by atoms with Crippen molar-refractivity contribution in [1.82, 2.24) is 14.9 Å². The molecule has 0 aliphatic heterocycles. The van der Waals surface area contributed by atoms with E-state index in [2.05, 4.69) is 20.2 Å². The molecule has 4 nitrogen and oxygen atoms in total. The molecular formula is C12H15FN4. The molecule has 0 bridgehead atoms. The first-order chi connectivity index (χ1) is 8.16. The van der Waals surface area contributed by atoms with E-state index in [0.29, 0.717) is 11.2 Å². The van der Waals surface area contributed by atoms with Crippen molar-refractivity contribution >= 4 is 16.7 Å². The van der Waals surface area contributed by atoms with Crippen molar-refractivity contribution in [2.24, 2.45) is 0 Å². The van der Waals surface area contributed by atoms with Crippen molar-refractivity contribution in [1.29, 1.82) is 0 Å². The Morgan fingerprint density at radius 3 is 2.88 bits per heavy atom. The Hall–Kier alpha value is -1.75. The second-order valence-corrected chi connectivity index (χ2v) is 4.11. The lowest BCUT2D eigenvalue weighted by Gasteiger charge is -2.11. The van der Waals surface area contributed by atoms with Gasteiger partial charge in [0.1, 0.15) is 18.0 Å². The van der Waals surface area contributed by atoms with Crippen LogP contribution in [0.1, 0.15) is 0 Å². The topological polar surface area (TPSA) is 41.0 Å². The highest BCUT2D eigenvalue weighted by Crippen LogP contribution is 2.19. The molecule has 90 valence electrons. The molecule has 17 heavy (non-hydrogen) atoms. The molecule has 0 unspecified atom stereocenters. The number of rotatable bonds is 4. The summed E-state index contributed by atoms with van der Waals surface area (Å²) >= 11 is 0. The number of hydrogen-bond acceptors (Lipinski definition) is 4. The van der Waals surface area contributed by atoms with Gasteiger partial charge in [-0.1, -0.05) is 0 Å². The minimum absolute atomic E-state index is 0.275. The lowest BCUT2D eigenvalue weighted by atomic mass is 10.2. The van der Waals surface area contributed by atoms with Crippen LogP contribution in [-0.2, 0) is 0 Å². The first kappa shape index (κ1) is 11.7. The van der Waals surface area contributed by atoms with Gasteiger partial charge in [-0.25, -0.2) is 14.4 Å². The predicted octanol–water partition coefficient (Wildman–Crippen LogP) is 1.74. The van der Waals surface area contributed by atoms with Gasteiger partial charge < -0.3 is 10.2 Å². The molecule has 0 aliphatic rings. The zero-order valence-electron chi connectivity index (χ0n) is 9.94. The highest BCUT2D eigenvalue weighted by molar-refractivity contribution is 5.88. The van der Waals surface area contributed by atoms with E-state index in [-0.39, 0.29) is 5.82 Å². The van der Waals surface area contributed by atoms with E-state index >= 15 is 0 Å². The molecule has 1 aromatic carbocycles. The summed E-state index contributed by atoms with van der Waals surface area (Å²) in [6, 6.07) is 4.51. The summed E-state index contributed by atoms with van der Waals surface area (Å²) < 4.78 is 13.2. The van der Waals surface area contributed by atoms with Crippen LogP contribution >= 0.6 is 0 Å². The molecule has 5 heteroatoms. The van der Waals surface area contributed by atoms with Crippen LogP contribution in [0.3, 0.4) is 0 Å². The highest BCUT2D eigenvalue weighted by Gasteiger charge is 2.04. The van der Waals surface area contributed by atoms with Gasteiger partial charge in [0.05, 0.1) is 5.52 Å². The third kappa shape index (κ3) is 2.88. The third-order valence-electron chi connectivity index (χ3n) is 2.45. The van der Waals surface area contributed by atoms with Gasteiger partial charge in [-0.15, -0.1) is 0 Å². The van der Waals surface area contributed by atoms with Crippen LogP contribution in [-0.4, -0.2) is 42.1 Å². The van der Waals surface area contributed by atoms with E-state index in [1.807, 2.05) is 14.1 Å². The molecule has 0 radical (unpaired) electrons. The summed E-state index contributed by atoms with van der Waals surface area (Å²) in [4.78, 5) is 10.3. The SMILES string of the molecule is CN(C)CCNc1ncnc2ccc(F)cc12. The van der Waals surface area contributed by atoms with E-state index in [1.165, 1.54) is 18.5 Å². The van der Waals surface area contributed by atoms with Gasteiger partial charge in [-0.2, -0.15) is 0 Å². The Labute approximate surface area is 99.5 Å². The largest absolute Gasteiger partial charge is 0.368 e. The zero-order valence-corrected chi connectivity index (χ0v) is 9.94. The van der Waals surface area contributed by atoms with Crippen LogP contribution in [0.15, 0.2) is 24.5 Å². The molecule has 1 N–H and O–H groups in total. The van der Waals surface area contributed by atoms with Crippen molar-refractivity contribution < 1.29 is 4.39 Å². The second kappa shape index (κ2) is 5.05. The minimum Gasteiger partial charge on any atom is -0.368 e. The summed E-state index contributed by atoms with van der Waals surface area (Å²) in [5.41, 5.74) is 0.744. The zero-order chi connectivity index (χ0) is 12.3. The van der Waals surface area contributed by atoms with Gasteiger partial charge in [-0.3, -0.25) is 0 Å². The van der Waals surface area contributed by atoms with Crippen LogP contribution in [0.4, 0.5) is 10.2 Å². The molecule has 0 saturated heterocycles. The second-order valence-electron chi connectivity index (χ2n) is 4.11. The van der Waals surface area contributed by atoms with Crippen molar-refractivity contribution in [3.63, 3.8) is 0 Å². The van der Waals surface area contributed by atoms with Crippen molar-refractivity contribution in [2.45, 2.75) is 0 Å². The average Bonchev–Trinajstić information content (AvgIpc) is 2.29. The molecule has 1 heterocycles. The molecule has 0 spiro atoms. The Bertz CT molecular complexity index is 513. The summed E-state index contributed by atoms with van der Waals surface area (Å²) in [7, 11) is 4.00. The molecule has 1 aromatic heterocycles. The van der Waals surface area contributed by atoms with E-state index in [0.717, 1.165) is 18.6 Å². The Balaban J connectivity index is 2.24. The maximum atomic E-state index is 13.2. The van der Waals surface area contributed by atoms with E-state index in [1.54, 1.807) is 6.07 Å². The maximum Gasteiger partial charge on any atom is 0.137 e. The quantitative estimate of drug-likeness (QED) is 0.875. The molecule has 2 rings (SSSR count). The van der Waals surface area contributed by atoms with Gasteiger partial charge in [0.2, 0.25) is 0 Å². The Morgan fingerprint density at radius 2 is 2.12 bits per heavy atom. The third-order valence-corrected chi connectivity index (χ3v) is 2.45. The highest BCUT2D eigenvalue weighted by atomic mass is 19.1. The number of likely N-dealkylation sites (N-methyl/N-ethyl adjacent to an activating group) is 1. The van der Waals surface area contributed by atoms with Gasteiger partial charge >= 0.3 is 0 Å². The number of anilines is 1. The first-order valence-electron chi connectivity index (χ1n) is 5.45. The number of fused-ring (bicyclic) bond motifs is 1. The smallest absolute Gasteiger partial charge is 0.137 e. The lowest BCUT2D eigenvalue weighted by molar-refractivity contribution is 0.425.